The molecule has 0 aromatic heterocycles. The Labute approximate surface area is 170 Å². The molecule has 2 saturated heterocycles. The lowest BCUT2D eigenvalue weighted by Gasteiger charge is -2.23. The van der Waals surface area contributed by atoms with Gasteiger partial charge in [0.25, 0.3) is 11.8 Å². The maximum Gasteiger partial charge on any atom is 0.334 e. The highest BCUT2D eigenvalue weighted by atomic mass is 16.8. The SMILES string of the molecule is CCCC1CCC[15N]1[13CH2][13C](=O)[15NH]CC[13C](=O)[15NH][13CH2][13CH2][13C](=O)ON1C(=O)CCC1=O. The molecule has 10 nitrogen and oxygen atoms in total. The summed E-state index contributed by atoms with van der Waals surface area (Å²) in [5, 5.41) is 5.76. The Morgan fingerprint density at radius 1 is 1.03 bits per heavy atom. The lowest BCUT2D eigenvalue weighted by molar-refractivity contribution is -0.197. The van der Waals surface area contributed by atoms with E-state index in [4.69, 9.17) is 4.84 Å². The first-order valence-corrected chi connectivity index (χ1v) is 10.2. The van der Waals surface area contributed by atoms with E-state index in [9.17, 15) is 24.0 Å². The zero-order chi connectivity index (χ0) is 21.2. The third kappa shape index (κ3) is 7.45. The van der Waals surface area contributed by atoms with Crippen LogP contribution in [0.4, 0.5) is 0 Å². The molecule has 2 heterocycles. The fraction of sp³-hybridized carbons (Fsp3) is 0.737. The Morgan fingerprint density at radius 3 is 2.38 bits per heavy atom. The zero-order valence-corrected chi connectivity index (χ0v) is 16.9. The monoisotopic (exact) mass is 419 g/mol. The molecule has 2 rings (SSSR count). The van der Waals surface area contributed by atoms with Crippen molar-refractivity contribution in [3.8, 4) is 0 Å². The van der Waals surface area contributed by atoms with Crippen LogP contribution >= 0.6 is 0 Å². The number of amides is 4. The van der Waals surface area contributed by atoms with E-state index < -0.39 is 17.8 Å². The van der Waals surface area contributed by atoms with Gasteiger partial charge in [-0.1, -0.05) is 13.3 Å². The van der Waals surface area contributed by atoms with Crippen LogP contribution < -0.4 is 10.6 Å². The van der Waals surface area contributed by atoms with Crippen LogP contribution in [-0.2, 0) is 28.8 Å². The highest BCUT2D eigenvalue weighted by molar-refractivity contribution is 6.01. The van der Waals surface area contributed by atoms with Crippen molar-refractivity contribution in [2.75, 3.05) is 26.2 Å². The van der Waals surface area contributed by atoms with Crippen LogP contribution in [0.25, 0.3) is 0 Å². The molecule has 4 amide bonds. The van der Waals surface area contributed by atoms with Crippen LogP contribution in [0.2, 0.25) is 0 Å². The first kappa shape index (κ1) is 22.8. The number of hydrogen-bond donors (Lipinski definition) is 2. The predicted octanol–water partition coefficient (Wildman–Crippen LogP) is -0.129. The van der Waals surface area contributed by atoms with Gasteiger partial charge in [0, 0.05) is 38.4 Å². The average molecular weight is 419 g/mol. The topological polar surface area (TPSA) is 125 Å². The fourth-order valence-corrected chi connectivity index (χ4v) is 3.52. The van der Waals surface area contributed by atoms with Gasteiger partial charge in [0.2, 0.25) is 11.8 Å². The number of carbonyl (C=O) groups excluding carboxylic acids is 5. The molecule has 0 spiro atoms. The summed E-state index contributed by atoms with van der Waals surface area (Å²) in [6, 6.07) is 0.472. The predicted molar refractivity (Wildman–Crippen MR) is 102 cm³/mol. The minimum atomic E-state index is -0.769. The van der Waals surface area contributed by atoms with Crippen molar-refractivity contribution in [3.05, 3.63) is 0 Å². The lowest BCUT2D eigenvalue weighted by Crippen LogP contribution is -2.41. The van der Waals surface area contributed by atoms with Gasteiger partial charge in [-0.15, -0.1) is 5.06 Å². The molecule has 0 radical (unpaired) electrons. The van der Waals surface area contributed by atoms with Crippen LogP contribution in [-0.4, -0.2) is 71.8 Å². The number of nitrogens with one attached hydrogen (secondary N) is 2. The first-order chi connectivity index (χ1) is 13.9. The van der Waals surface area contributed by atoms with E-state index >= 15 is 0 Å². The third-order valence-corrected chi connectivity index (χ3v) is 4.99. The van der Waals surface area contributed by atoms with Gasteiger partial charge in [-0.05, 0) is 25.8 Å². The van der Waals surface area contributed by atoms with E-state index in [0.717, 1.165) is 32.2 Å². The Kier molecular flexibility index (Phi) is 9.04. The van der Waals surface area contributed by atoms with Crippen molar-refractivity contribution in [2.45, 2.75) is 64.3 Å². The van der Waals surface area contributed by atoms with Gasteiger partial charge in [0.15, 0.2) is 0 Å². The molecule has 1 atom stereocenters. The summed E-state index contributed by atoms with van der Waals surface area (Å²) in [7, 11) is 0. The maximum atomic E-state index is 12.0. The highest BCUT2D eigenvalue weighted by Gasteiger charge is 2.32. The molecule has 10 heteroatoms. The Hall–Kier alpha value is -2.49. The Morgan fingerprint density at radius 2 is 1.69 bits per heavy atom. The van der Waals surface area contributed by atoms with Crippen LogP contribution in [0.1, 0.15) is 58.3 Å². The number of hydroxylamine groups is 2. The smallest absolute Gasteiger partial charge is 0.334 e. The van der Waals surface area contributed by atoms with E-state index in [-0.39, 0.29) is 50.6 Å². The first-order valence-electron chi connectivity index (χ1n) is 10.2. The van der Waals surface area contributed by atoms with Crippen molar-refractivity contribution >= 4 is 29.6 Å². The fourth-order valence-electron chi connectivity index (χ4n) is 3.52. The molecule has 0 saturated carbocycles. The second kappa shape index (κ2) is 11.5. The van der Waals surface area contributed by atoms with Gasteiger partial charge < -0.3 is 15.5 Å². The number of rotatable bonds is 11. The third-order valence-electron chi connectivity index (χ3n) is 4.99. The van der Waals surface area contributed by atoms with Crippen molar-refractivity contribution in [1.29, 1.82) is 0 Å². The zero-order valence-electron chi connectivity index (χ0n) is 16.9. The quantitative estimate of drug-likeness (QED) is 0.272. The second-order valence-electron chi connectivity index (χ2n) is 7.30. The van der Waals surface area contributed by atoms with Gasteiger partial charge in [-0.2, -0.15) is 0 Å². The summed E-state index contributed by atoms with van der Waals surface area (Å²) in [6.45, 7) is 3.67. The van der Waals surface area contributed by atoms with Crippen LogP contribution in [0.3, 0.4) is 0 Å². The van der Waals surface area contributed by atoms with Crippen LogP contribution in [0.5, 0.6) is 0 Å². The molecule has 29 heavy (non-hydrogen) atoms. The average Bonchev–Trinajstić information content (AvgIpc) is 3.23. The molecule has 0 aliphatic carbocycles. The van der Waals surface area contributed by atoms with Gasteiger partial charge in [0.05, 0.1) is 13.0 Å². The summed E-state index contributed by atoms with van der Waals surface area (Å²) in [5.41, 5.74) is 0. The molecule has 0 aromatic rings. The molecule has 2 N–H and O–H groups in total. The minimum absolute atomic E-state index is 0.0221. The van der Waals surface area contributed by atoms with Crippen molar-refractivity contribution in [1.82, 2.24) is 20.6 Å². The number of hydrogen-bond acceptors (Lipinski definition) is 7. The number of carbonyl (C=O) groups is 5. The minimum Gasteiger partial charge on any atom is -0.355 e. The maximum absolute atomic E-state index is 12.0. The summed E-state index contributed by atoms with van der Waals surface area (Å²) in [6.07, 6.45) is 4.44. The summed E-state index contributed by atoms with van der Waals surface area (Å²) >= 11 is 0. The highest BCUT2D eigenvalue weighted by Crippen LogP contribution is 2.20. The van der Waals surface area contributed by atoms with Gasteiger partial charge >= 0.3 is 5.97 Å². The Bertz CT molecular complexity index is 622. The van der Waals surface area contributed by atoms with E-state index in [1.807, 2.05) is 0 Å². The Balaban J connectivity index is 1.54. The van der Waals surface area contributed by atoms with Crippen molar-refractivity contribution < 1.29 is 28.8 Å². The molecule has 1 unspecified atom stereocenters. The molecule has 0 aromatic carbocycles. The summed E-state index contributed by atoms with van der Waals surface area (Å²) < 4.78 is 0. The van der Waals surface area contributed by atoms with Gasteiger partial charge in [-0.3, -0.25) is 24.1 Å². The van der Waals surface area contributed by atoms with Crippen LogP contribution in [0.15, 0.2) is 0 Å². The lowest BCUT2D eigenvalue weighted by atomic mass is 10.1. The van der Waals surface area contributed by atoms with Crippen LogP contribution in [0, 0.1) is 0 Å². The molecule has 0 bridgehead atoms. The normalized spacial score (nSPS) is 19.5. The molecule has 2 aliphatic heterocycles. The standard InChI is InChI=1S/C19H30N4O6/c1-2-4-14-5-3-12-22(14)13-16(25)21-10-8-15(24)20-11-9-19(28)29-23-17(26)6-7-18(23)27/h14H,2-13H2,1H3,(H,20,24)(H,21,25)/i9+1,11+1,13+1,15+1,16+1,19+1,20+1,21+1,22+1. The molecular formula is C19H30N4O6. The number of imide groups is 1. The van der Waals surface area contributed by atoms with E-state index in [1.165, 1.54) is 0 Å². The second-order valence-corrected chi connectivity index (χ2v) is 7.30. The van der Waals surface area contributed by atoms with Crippen molar-refractivity contribution in [2.24, 2.45) is 0 Å². The van der Waals surface area contributed by atoms with E-state index in [1.54, 1.807) is 0 Å². The van der Waals surface area contributed by atoms with Gasteiger partial charge in [-0.25, -0.2) is 4.79 Å². The molecule has 2 fully saturated rings. The summed E-state index contributed by atoms with van der Waals surface area (Å²) in [5.74, 6) is -2.26. The van der Waals surface area contributed by atoms with E-state index in [2.05, 4.69) is 22.5 Å². The molecular weight excluding hydrogens is 389 g/mol. The van der Waals surface area contributed by atoms with Crippen molar-refractivity contribution in [3.63, 3.8) is 0 Å². The molecule has 2 aliphatic rings. The number of likely N-dealkylation sites (tertiary alicyclic amines) is 1. The largest absolute Gasteiger partial charge is 0.355 e. The van der Waals surface area contributed by atoms with Gasteiger partial charge in [0.1, 0.15) is 0 Å². The summed E-state index contributed by atoms with van der Waals surface area (Å²) in [4.78, 5) is 65.1. The van der Waals surface area contributed by atoms with E-state index in [0.29, 0.717) is 17.6 Å². The number of nitrogens with zero attached hydrogens (tertiary/aromatic N) is 2. The molecule has 162 valence electrons.